The van der Waals surface area contributed by atoms with E-state index < -0.39 is 17.1 Å². The molecule has 2 bridgehead atoms. The van der Waals surface area contributed by atoms with Crippen LogP contribution in [0.3, 0.4) is 0 Å². The maximum atomic E-state index is 12.5. The molecule has 0 aromatic heterocycles. The van der Waals surface area contributed by atoms with Gasteiger partial charge >= 0.3 is 0 Å². The Balaban J connectivity index is 1.91. The van der Waals surface area contributed by atoms with E-state index in [2.05, 4.69) is 6.92 Å². The smallest absolute Gasteiger partial charge is 0.196 e. The molecule has 5 atom stereocenters. The molecule has 2 N–H and O–H groups in total. The molecule has 0 saturated heterocycles. The van der Waals surface area contributed by atoms with E-state index in [-0.39, 0.29) is 17.5 Å². The summed E-state index contributed by atoms with van der Waals surface area (Å²) in [5.74, 6) is 0.835. The number of rotatable bonds is 0. The number of ketones is 1. The summed E-state index contributed by atoms with van der Waals surface area (Å²) in [6.07, 6.45) is 4.91. The summed E-state index contributed by atoms with van der Waals surface area (Å²) < 4.78 is 5.91. The van der Waals surface area contributed by atoms with Gasteiger partial charge < -0.3 is 14.9 Å². The normalized spacial score (nSPS) is 43.7. The number of hydrogen-bond donors (Lipinski definition) is 2. The summed E-state index contributed by atoms with van der Waals surface area (Å²) in [6.45, 7) is 2.18. The third-order valence-electron chi connectivity index (χ3n) is 6.51. The fourth-order valence-electron chi connectivity index (χ4n) is 5.49. The van der Waals surface area contributed by atoms with Crippen molar-refractivity contribution in [1.82, 2.24) is 0 Å². The average Bonchev–Trinajstić information content (AvgIpc) is 2.85. The Morgan fingerprint density at radius 1 is 1.36 bits per heavy atom. The fourth-order valence-corrected chi connectivity index (χ4v) is 5.49. The highest BCUT2D eigenvalue weighted by Gasteiger charge is 2.71. The van der Waals surface area contributed by atoms with Gasteiger partial charge in [-0.2, -0.15) is 0 Å². The first-order valence-electron chi connectivity index (χ1n) is 7.96. The van der Waals surface area contributed by atoms with E-state index >= 15 is 0 Å². The van der Waals surface area contributed by atoms with Crippen molar-refractivity contribution in [1.29, 1.82) is 0 Å². The van der Waals surface area contributed by atoms with Crippen molar-refractivity contribution >= 4 is 5.78 Å². The monoisotopic (exact) mass is 298 g/mol. The van der Waals surface area contributed by atoms with Crippen LogP contribution in [0.5, 0.6) is 11.5 Å². The second kappa shape index (κ2) is 3.57. The Labute approximate surface area is 128 Å². The van der Waals surface area contributed by atoms with Crippen molar-refractivity contribution < 1.29 is 19.7 Å². The minimum atomic E-state index is -1.06. The van der Waals surface area contributed by atoms with Crippen LogP contribution in [-0.4, -0.2) is 27.7 Å². The van der Waals surface area contributed by atoms with Gasteiger partial charge in [-0.25, -0.2) is 0 Å². The molecule has 1 spiro atoms. The fraction of sp³-hybridized carbons (Fsp3) is 0.500. The number of aliphatic hydroxyl groups is 1. The van der Waals surface area contributed by atoms with E-state index in [0.717, 1.165) is 24.0 Å². The van der Waals surface area contributed by atoms with Crippen molar-refractivity contribution in [2.45, 2.75) is 43.3 Å². The van der Waals surface area contributed by atoms with Crippen molar-refractivity contribution in [2.75, 3.05) is 0 Å². The molecule has 1 aromatic rings. The summed E-state index contributed by atoms with van der Waals surface area (Å²) in [4.78, 5) is 12.5. The lowest BCUT2D eigenvalue weighted by molar-refractivity contribution is -0.152. The lowest BCUT2D eigenvalue weighted by Crippen LogP contribution is -2.69. The predicted molar refractivity (Wildman–Crippen MR) is 78.9 cm³/mol. The van der Waals surface area contributed by atoms with E-state index in [9.17, 15) is 15.0 Å². The summed E-state index contributed by atoms with van der Waals surface area (Å²) in [5.41, 5.74) is 0.202. The van der Waals surface area contributed by atoms with Crippen LogP contribution >= 0.6 is 0 Å². The highest BCUT2D eigenvalue weighted by molar-refractivity contribution is 5.98. The van der Waals surface area contributed by atoms with Crippen LogP contribution < -0.4 is 4.74 Å². The highest BCUT2D eigenvalue weighted by Crippen LogP contribution is 2.66. The molecule has 4 aliphatic rings. The standard InChI is InChI=1S/C18H18O4/c1-9-4-6-17-14-10-2-3-12(19)15(14)22-16(17)13(20)5-7-18(17,21)11(9)8-10/h2-3,5,7,9,11,16,19,21H,4,6,8H2,1H3/t9-,11+,16+,17+,18-/m1/s1. The van der Waals surface area contributed by atoms with Crippen LogP contribution in [-0.2, 0) is 16.6 Å². The van der Waals surface area contributed by atoms with Gasteiger partial charge in [-0.05, 0) is 54.9 Å². The molecule has 114 valence electrons. The Morgan fingerprint density at radius 3 is 3.00 bits per heavy atom. The molecule has 1 saturated carbocycles. The number of aromatic hydroxyl groups is 1. The number of ether oxygens (including phenoxy) is 1. The van der Waals surface area contributed by atoms with Gasteiger partial charge in [-0.3, -0.25) is 4.79 Å². The molecular formula is C18H18O4. The van der Waals surface area contributed by atoms with E-state index in [1.807, 2.05) is 6.07 Å². The maximum Gasteiger partial charge on any atom is 0.196 e. The Bertz CT molecular complexity index is 752. The zero-order chi connectivity index (χ0) is 15.3. The number of carbonyl (C=O) groups is 1. The number of phenolic OH excluding ortho intramolecular Hbond substituents is 1. The van der Waals surface area contributed by atoms with Gasteiger partial charge in [-0.15, -0.1) is 0 Å². The number of phenols is 1. The largest absolute Gasteiger partial charge is 0.504 e. The summed E-state index contributed by atoms with van der Waals surface area (Å²) in [7, 11) is 0. The topological polar surface area (TPSA) is 66.8 Å². The molecule has 1 fully saturated rings. The molecule has 22 heavy (non-hydrogen) atoms. The van der Waals surface area contributed by atoms with Gasteiger partial charge in [0.05, 0.1) is 5.41 Å². The molecule has 0 radical (unpaired) electrons. The van der Waals surface area contributed by atoms with Gasteiger partial charge in [0, 0.05) is 5.56 Å². The minimum Gasteiger partial charge on any atom is -0.504 e. The Morgan fingerprint density at radius 2 is 2.18 bits per heavy atom. The molecule has 4 heteroatoms. The lowest BCUT2D eigenvalue weighted by atomic mass is 9.45. The quantitative estimate of drug-likeness (QED) is 0.767. The zero-order valence-corrected chi connectivity index (χ0v) is 12.4. The number of carbonyl (C=O) groups excluding carboxylic acids is 1. The summed E-state index contributed by atoms with van der Waals surface area (Å²) in [5, 5.41) is 21.8. The number of benzene rings is 1. The molecular weight excluding hydrogens is 280 g/mol. The van der Waals surface area contributed by atoms with Crippen LogP contribution in [0.25, 0.3) is 0 Å². The van der Waals surface area contributed by atoms with Gasteiger partial charge in [-0.1, -0.05) is 13.0 Å². The van der Waals surface area contributed by atoms with Gasteiger partial charge in [0.25, 0.3) is 0 Å². The minimum absolute atomic E-state index is 0.0646. The van der Waals surface area contributed by atoms with Gasteiger partial charge in [0.1, 0.15) is 5.60 Å². The molecule has 1 aliphatic heterocycles. The second-order valence-corrected chi connectivity index (χ2v) is 7.30. The van der Waals surface area contributed by atoms with Crippen molar-refractivity contribution in [3.05, 3.63) is 35.4 Å². The summed E-state index contributed by atoms with van der Waals surface area (Å²) in [6, 6.07) is 3.57. The zero-order valence-electron chi connectivity index (χ0n) is 12.4. The van der Waals surface area contributed by atoms with Crippen LogP contribution in [0.2, 0.25) is 0 Å². The first-order chi connectivity index (χ1) is 10.5. The average molecular weight is 298 g/mol. The predicted octanol–water partition coefficient (Wildman–Crippen LogP) is 1.86. The SMILES string of the molecule is C[C@@H]1CC[C@]23c4c5ccc(O)c4O[C@H]2C(=O)C=C[C@@]3(O)[C@H]1C5. The van der Waals surface area contributed by atoms with Crippen LogP contribution in [0.4, 0.5) is 0 Å². The van der Waals surface area contributed by atoms with Crippen LogP contribution in [0.15, 0.2) is 24.3 Å². The first kappa shape index (κ1) is 12.7. The van der Waals surface area contributed by atoms with Crippen molar-refractivity contribution in [3.63, 3.8) is 0 Å². The lowest BCUT2D eigenvalue weighted by Gasteiger charge is -2.59. The molecule has 0 unspecified atom stereocenters. The molecule has 0 amide bonds. The van der Waals surface area contributed by atoms with Crippen LogP contribution in [0.1, 0.15) is 30.9 Å². The van der Waals surface area contributed by atoms with E-state index in [4.69, 9.17) is 4.74 Å². The first-order valence-corrected chi connectivity index (χ1v) is 7.96. The maximum absolute atomic E-state index is 12.5. The van der Waals surface area contributed by atoms with E-state index in [1.165, 1.54) is 6.08 Å². The van der Waals surface area contributed by atoms with Gasteiger partial charge in [0.2, 0.25) is 0 Å². The van der Waals surface area contributed by atoms with Crippen LogP contribution in [0, 0.1) is 11.8 Å². The molecule has 1 heterocycles. The molecule has 5 rings (SSSR count). The van der Waals surface area contributed by atoms with E-state index in [1.54, 1.807) is 12.1 Å². The molecule has 3 aliphatic carbocycles. The van der Waals surface area contributed by atoms with Gasteiger partial charge in [0.15, 0.2) is 23.4 Å². The second-order valence-electron chi connectivity index (χ2n) is 7.30. The third-order valence-corrected chi connectivity index (χ3v) is 6.51. The van der Waals surface area contributed by atoms with Crippen molar-refractivity contribution in [3.8, 4) is 11.5 Å². The molecule has 4 nitrogen and oxygen atoms in total. The highest BCUT2D eigenvalue weighted by atomic mass is 16.5. The third kappa shape index (κ3) is 1.09. The summed E-state index contributed by atoms with van der Waals surface area (Å²) >= 11 is 0. The Kier molecular flexibility index (Phi) is 2.06. The number of hydrogen-bond acceptors (Lipinski definition) is 4. The van der Waals surface area contributed by atoms with Crippen molar-refractivity contribution in [2.24, 2.45) is 11.8 Å². The van der Waals surface area contributed by atoms with E-state index in [0.29, 0.717) is 18.1 Å². The Hall–Kier alpha value is -1.81. The molecule has 1 aromatic carbocycles.